The first-order valence-electron chi connectivity index (χ1n) is 8.62. The number of hydrogen-bond donors (Lipinski definition) is 0. The van der Waals surface area contributed by atoms with Crippen molar-refractivity contribution in [3.05, 3.63) is 54.0 Å². The molecule has 0 aliphatic carbocycles. The topological polar surface area (TPSA) is 47.5 Å². The Morgan fingerprint density at radius 3 is 2.88 bits per heavy atom. The van der Waals surface area contributed by atoms with Gasteiger partial charge in [-0.1, -0.05) is 12.1 Å². The molecule has 2 fully saturated rings. The minimum absolute atomic E-state index is 0.335. The Bertz CT molecular complexity index is 707. The van der Waals surface area contributed by atoms with Gasteiger partial charge in [0.1, 0.15) is 0 Å². The Morgan fingerprint density at radius 2 is 2.08 bits per heavy atom. The van der Waals surface area contributed by atoms with Crippen LogP contribution in [0.4, 0.5) is 0 Å². The van der Waals surface area contributed by atoms with E-state index in [1.54, 1.807) is 13.3 Å². The molecule has 0 N–H and O–H groups in total. The van der Waals surface area contributed by atoms with E-state index in [0.717, 1.165) is 48.9 Å². The van der Waals surface area contributed by atoms with Gasteiger partial charge in [-0.05, 0) is 24.6 Å². The fraction of sp³-hybridized carbons (Fsp3) is 0.474. The molecule has 4 heterocycles. The molecule has 0 bridgehead atoms. The molecule has 2 aliphatic heterocycles. The van der Waals surface area contributed by atoms with E-state index in [-0.39, 0.29) is 0 Å². The average Bonchev–Trinajstić information content (AvgIpc) is 3.05. The molecule has 0 saturated carbocycles. The van der Waals surface area contributed by atoms with Crippen molar-refractivity contribution in [1.29, 1.82) is 0 Å². The van der Waals surface area contributed by atoms with E-state index in [4.69, 9.17) is 9.47 Å². The van der Waals surface area contributed by atoms with Crippen molar-refractivity contribution in [2.75, 3.05) is 26.0 Å². The fourth-order valence-electron chi connectivity index (χ4n) is 3.67. The first kappa shape index (κ1) is 16.8. The van der Waals surface area contributed by atoms with Gasteiger partial charge in [-0.3, -0.25) is 9.88 Å². The van der Waals surface area contributed by atoms with Gasteiger partial charge in [-0.2, -0.15) is 0 Å². The number of thioether (sulfide) groups is 1. The van der Waals surface area contributed by atoms with Crippen molar-refractivity contribution in [3.8, 4) is 5.88 Å². The van der Waals surface area contributed by atoms with Crippen molar-refractivity contribution in [2.24, 2.45) is 0 Å². The van der Waals surface area contributed by atoms with Gasteiger partial charge >= 0.3 is 0 Å². The van der Waals surface area contributed by atoms with Gasteiger partial charge in [0.25, 0.3) is 0 Å². The van der Waals surface area contributed by atoms with Gasteiger partial charge in [-0.15, -0.1) is 11.8 Å². The van der Waals surface area contributed by atoms with Crippen LogP contribution in [-0.2, 0) is 17.9 Å². The Morgan fingerprint density at radius 1 is 1.20 bits per heavy atom. The zero-order chi connectivity index (χ0) is 17.1. The summed E-state index contributed by atoms with van der Waals surface area (Å²) in [5, 5.41) is 0. The lowest BCUT2D eigenvalue weighted by atomic mass is 9.92. The average molecular weight is 357 g/mol. The van der Waals surface area contributed by atoms with E-state index in [1.165, 1.54) is 0 Å². The zero-order valence-corrected chi connectivity index (χ0v) is 15.2. The molecule has 132 valence electrons. The van der Waals surface area contributed by atoms with Crippen molar-refractivity contribution in [1.82, 2.24) is 14.9 Å². The lowest BCUT2D eigenvalue weighted by Crippen LogP contribution is -2.58. The van der Waals surface area contributed by atoms with Gasteiger partial charge in [0, 0.05) is 48.1 Å². The molecule has 2 aromatic rings. The van der Waals surface area contributed by atoms with Crippen LogP contribution < -0.4 is 4.74 Å². The van der Waals surface area contributed by atoms with Crippen LogP contribution in [0.15, 0.2) is 42.7 Å². The third-order valence-corrected chi connectivity index (χ3v) is 6.40. The van der Waals surface area contributed by atoms with Crippen LogP contribution in [0.5, 0.6) is 5.88 Å². The quantitative estimate of drug-likeness (QED) is 0.792. The van der Waals surface area contributed by atoms with Crippen molar-refractivity contribution < 1.29 is 9.47 Å². The number of nitrogens with zero attached hydrogens (tertiary/aromatic N) is 3. The van der Waals surface area contributed by atoms with Gasteiger partial charge in [0.2, 0.25) is 5.88 Å². The van der Waals surface area contributed by atoms with Gasteiger partial charge in [0.15, 0.2) is 0 Å². The second-order valence-electron chi connectivity index (χ2n) is 6.77. The van der Waals surface area contributed by atoms with Crippen LogP contribution in [0.2, 0.25) is 0 Å². The van der Waals surface area contributed by atoms with Crippen LogP contribution in [-0.4, -0.2) is 51.7 Å². The molecular weight excluding hydrogens is 334 g/mol. The van der Waals surface area contributed by atoms with E-state index >= 15 is 0 Å². The highest BCUT2D eigenvalue weighted by Gasteiger charge is 2.49. The molecule has 1 spiro atoms. The van der Waals surface area contributed by atoms with E-state index in [0.29, 0.717) is 17.5 Å². The second-order valence-corrected chi connectivity index (χ2v) is 8.26. The predicted octanol–water partition coefficient (Wildman–Crippen LogP) is 2.76. The molecule has 25 heavy (non-hydrogen) atoms. The van der Waals surface area contributed by atoms with Crippen LogP contribution in [0.3, 0.4) is 0 Å². The Hall–Kier alpha value is -1.63. The summed E-state index contributed by atoms with van der Waals surface area (Å²) in [6.07, 6.45) is 5.06. The first-order chi connectivity index (χ1) is 12.3. The summed E-state index contributed by atoms with van der Waals surface area (Å²) >= 11 is 2.07. The lowest BCUT2D eigenvalue weighted by Gasteiger charge is -2.47. The van der Waals surface area contributed by atoms with Crippen LogP contribution in [0, 0.1) is 0 Å². The van der Waals surface area contributed by atoms with E-state index < -0.39 is 0 Å². The molecule has 1 atom stereocenters. The molecular formula is C19H23N3O2S. The summed E-state index contributed by atoms with van der Waals surface area (Å²) in [6, 6.07) is 10.0. The number of rotatable bonds is 6. The van der Waals surface area contributed by atoms with Crippen molar-refractivity contribution in [3.63, 3.8) is 0 Å². The summed E-state index contributed by atoms with van der Waals surface area (Å²) in [5.41, 5.74) is 2.16. The molecule has 2 aliphatic rings. The molecule has 0 aromatic carbocycles. The number of hydrogen-bond acceptors (Lipinski definition) is 6. The third-order valence-electron chi connectivity index (χ3n) is 4.83. The van der Waals surface area contributed by atoms with Crippen LogP contribution in [0.25, 0.3) is 0 Å². The zero-order valence-electron chi connectivity index (χ0n) is 14.4. The van der Waals surface area contributed by atoms with Crippen molar-refractivity contribution in [2.45, 2.75) is 30.4 Å². The summed E-state index contributed by atoms with van der Waals surface area (Å²) in [4.78, 5) is 11.1. The number of ether oxygens (including phenoxy) is 2. The van der Waals surface area contributed by atoms with Gasteiger partial charge in [-0.25, -0.2) is 4.98 Å². The maximum absolute atomic E-state index is 6.08. The molecule has 2 saturated heterocycles. The molecule has 4 rings (SSSR count). The molecule has 0 radical (unpaired) electrons. The molecule has 5 nitrogen and oxygen atoms in total. The van der Waals surface area contributed by atoms with Crippen LogP contribution >= 0.6 is 11.8 Å². The highest BCUT2D eigenvalue weighted by molar-refractivity contribution is 8.01. The second kappa shape index (κ2) is 7.32. The van der Waals surface area contributed by atoms with E-state index in [1.807, 2.05) is 30.5 Å². The number of aromatic nitrogens is 2. The fourth-order valence-corrected chi connectivity index (χ4v) is 5.27. The maximum Gasteiger partial charge on any atom is 0.217 e. The first-order valence-corrected chi connectivity index (χ1v) is 9.61. The summed E-state index contributed by atoms with van der Waals surface area (Å²) in [6.45, 7) is 3.73. The number of pyridine rings is 2. The van der Waals surface area contributed by atoms with Gasteiger partial charge in [0.05, 0.1) is 25.5 Å². The number of methoxy groups -OCH3 is 1. The van der Waals surface area contributed by atoms with E-state index in [9.17, 15) is 0 Å². The Labute approximate surface area is 152 Å². The summed E-state index contributed by atoms with van der Waals surface area (Å²) < 4.78 is 11.8. The SMILES string of the molecule is COc1ncccc1CN1CC2(CC(OCc3ccccn3)CS2)C1. The van der Waals surface area contributed by atoms with E-state index in [2.05, 4.69) is 32.7 Å². The third kappa shape index (κ3) is 3.81. The molecule has 0 amide bonds. The monoisotopic (exact) mass is 357 g/mol. The standard InChI is InChI=1S/C19H23N3O2S/c1-23-18-15(5-4-8-21-18)10-22-13-19(14-22)9-17(12-25-19)24-11-16-6-2-3-7-20-16/h2-8,17H,9-14H2,1H3. The smallest absolute Gasteiger partial charge is 0.217 e. The normalized spacial score (nSPS) is 22.0. The largest absolute Gasteiger partial charge is 0.481 e. The minimum atomic E-state index is 0.335. The van der Waals surface area contributed by atoms with Crippen LogP contribution in [0.1, 0.15) is 17.7 Å². The Balaban J connectivity index is 1.26. The highest BCUT2D eigenvalue weighted by Crippen LogP contribution is 2.46. The molecule has 1 unspecified atom stereocenters. The molecule has 6 heteroatoms. The molecule has 2 aromatic heterocycles. The van der Waals surface area contributed by atoms with Gasteiger partial charge < -0.3 is 9.47 Å². The lowest BCUT2D eigenvalue weighted by molar-refractivity contribution is 0.0249. The minimum Gasteiger partial charge on any atom is -0.481 e. The predicted molar refractivity (Wildman–Crippen MR) is 98.7 cm³/mol. The number of likely N-dealkylation sites (tertiary alicyclic amines) is 1. The summed E-state index contributed by atoms with van der Waals surface area (Å²) in [7, 11) is 1.68. The highest BCUT2D eigenvalue weighted by atomic mass is 32.2. The maximum atomic E-state index is 6.08. The summed E-state index contributed by atoms with van der Waals surface area (Å²) in [5.74, 6) is 1.82. The van der Waals surface area contributed by atoms with Crippen molar-refractivity contribution >= 4 is 11.8 Å². The Kier molecular flexibility index (Phi) is 4.92.